The zero-order valence-electron chi connectivity index (χ0n) is 9.69. The van der Waals surface area contributed by atoms with E-state index in [1.54, 1.807) is 0 Å². The number of piperidine rings is 1. The number of carboxylic acids is 1. The largest absolute Gasteiger partial charge is 0.481 e. The van der Waals surface area contributed by atoms with Crippen molar-refractivity contribution in [2.24, 2.45) is 11.8 Å². The lowest BCUT2D eigenvalue weighted by Gasteiger charge is -2.36. The van der Waals surface area contributed by atoms with E-state index < -0.39 is 5.97 Å². The average Bonchev–Trinajstić information content (AvgIpc) is 3.01. The Labute approximate surface area is 95.6 Å². The van der Waals surface area contributed by atoms with Crippen LogP contribution < -0.4 is 0 Å². The Balaban J connectivity index is 1.87. The summed E-state index contributed by atoms with van der Waals surface area (Å²) in [6.45, 7) is 2.57. The molecule has 0 aromatic carbocycles. The van der Waals surface area contributed by atoms with E-state index in [9.17, 15) is 9.59 Å². The third-order valence-electron chi connectivity index (χ3n) is 3.71. The van der Waals surface area contributed by atoms with Gasteiger partial charge < -0.3 is 10.0 Å². The Hall–Kier alpha value is -1.06. The number of carbonyl (C=O) groups is 2. The maximum absolute atomic E-state index is 11.9. The molecule has 1 amide bonds. The fourth-order valence-electron chi connectivity index (χ4n) is 2.45. The van der Waals surface area contributed by atoms with Crippen LogP contribution in [0.4, 0.5) is 0 Å². The molecule has 1 aliphatic heterocycles. The Bertz CT molecular complexity index is 299. The fraction of sp³-hybridized carbons (Fsp3) is 0.833. The van der Waals surface area contributed by atoms with Crippen LogP contribution in [0.25, 0.3) is 0 Å². The van der Waals surface area contributed by atoms with E-state index in [2.05, 4.69) is 0 Å². The van der Waals surface area contributed by atoms with Gasteiger partial charge in [0.1, 0.15) is 0 Å². The van der Waals surface area contributed by atoms with Crippen LogP contribution in [-0.4, -0.2) is 34.5 Å². The highest BCUT2D eigenvalue weighted by Gasteiger charge is 2.34. The maximum atomic E-state index is 11.9. The number of hydrogen-bond acceptors (Lipinski definition) is 2. The van der Waals surface area contributed by atoms with Gasteiger partial charge in [-0.15, -0.1) is 0 Å². The van der Waals surface area contributed by atoms with E-state index >= 15 is 0 Å². The van der Waals surface area contributed by atoms with E-state index in [1.165, 1.54) is 12.8 Å². The molecule has 0 aromatic heterocycles. The number of hydrogen-bond donors (Lipinski definition) is 1. The summed E-state index contributed by atoms with van der Waals surface area (Å²) in [5.74, 6) is -0.156. The molecule has 2 fully saturated rings. The van der Waals surface area contributed by atoms with E-state index in [1.807, 2.05) is 11.8 Å². The van der Waals surface area contributed by atoms with Gasteiger partial charge in [-0.1, -0.05) is 0 Å². The minimum absolute atomic E-state index is 0.0844. The molecule has 1 N–H and O–H groups in total. The van der Waals surface area contributed by atoms with Gasteiger partial charge in [-0.3, -0.25) is 9.59 Å². The van der Waals surface area contributed by atoms with Crippen LogP contribution in [0.1, 0.15) is 39.0 Å². The smallest absolute Gasteiger partial charge is 0.306 e. The number of likely N-dealkylation sites (tertiary alicyclic amines) is 1. The molecular formula is C12H19NO3. The Morgan fingerprint density at radius 2 is 2.00 bits per heavy atom. The van der Waals surface area contributed by atoms with Gasteiger partial charge in [-0.05, 0) is 38.5 Å². The summed E-state index contributed by atoms with van der Waals surface area (Å²) >= 11 is 0. The zero-order valence-corrected chi connectivity index (χ0v) is 9.69. The van der Waals surface area contributed by atoms with Gasteiger partial charge in [0.25, 0.3) is 0 Å². The van der Waals surface area contributed by atoms with Gasteiger partial charge >= 0.3 is 5.97 Å². The van der Waals surface area contributed by atoms with Gasteiger partial charge in [0.05, 0.1) is 5.92 Å². The maximum Gasteiger partial charge on any atom is 0.306 e. The first kappa shape index (κ1) is 11.4. The molecule has 0 spiro atoms. The van der Waals surface area contributed by atoms with Crippen LogP contribution in [0.5, 0.6) is 0 Å². The molecule has 90 valence electrons. The molecule has 4 nitrogen and oxygen atoms in total. The van der Waals surface area contributed by atoms with Crippen molar-refractivity contribution in [3.05, 3.63) is 0 Å². The van der Waals surface area contributed by atoms with E-state index in [-0.39, 0.29) is 17.9 Å². The predicted octanol–water partition coefficient (Wildman–Crippen LogP) is 1.50. The second-order valence-electron chi connectivity index (χ2n) is 5.14. The molecule has 2 rings (SSSR count). The summed E-state index contributed by atoms with van der Waals surface area (Å²) in [7, 11) is 0. The fourth-order valence-corrected chi connectivity index (χ4v) is 2.45. The van der Waals surface area contributed by atoms with Crippen molar-refractivity contribution in [3.63, 3.8) is 0 Å². The molecular weight excluding hydrogens is 206 g/mol. The highest BCUT2D eigenvalue weighted by molar-refractivity contribution is 5.78. The lowest BCUT2D eigenvalue weighted by atomic mass is 9.91. The van der Waals surface area contributed by atoms with Crippen LogP contribution in [-0.2, 0) is 9.59 Å². The van der Waals surface area contributed by atoms with Crippen molar-refractivity contribution in [2.75, 3.05) is 6.54 Å². The minimum atomic E-state index is -0.721. The lowest BCUT2D eigenvalue weighted by molar-refractivity contribution is -0.147. The summed E-state index contributed by atoms with van der Waals surface area (Å²) in [5, 5.41) is 8.93. The molecule has 0 bridgehead atoms. The summed E-state index contributed by atoms with van der Waals surface area (Å²) in [4.78, 5) is 24.6. The molecule has 1 aliphatic carbocycles. The summed E-state index contributed by atoms with van der Waals surface area (Å²) < 4.78 is 0. The monoisotopic (exact) mass is 225 g/mol. The van der Waals surface area contributed by atoms with Crippen molar-refractivity contribution in [1.82, 2.24) is 4.90 Å². The van der Waals surface area contributed by atoms with Crippen molar-refractivity contribution < 1.29 is 14.7 Å². The number of carboxylic acid groups (broad SMARTS) is 1. The first-order chi connectivity index (χ1) is 7.58. The Morgan fingerprint density at radius 1 is 1.31 bits per heavy atom. The van der Waals surface area contributed by atoms with Gasteiger partial charge in [-0.25, -0.2) is 0 Å². The van der Waals surface area contributed by atoms with E-state index in [0.29, 0.717) is 31.7 Å². The van der Waals surface area contributed by atoms with E-state index in [4.69, 9.17) is 5.11 Å². The molecule has 0 aromatic rings. The molecule has 2 aliphatic rings. The SMILES string of the molecule is CC1CC(C(=O)O)CCN1C(=O)CC1CC1. The third kappa shape index (κ3) is 2.54. The zero-order chi connectivity index (χ0) is 11.7. The normalized spacial score (nSPS) is 30.2. The molecule has 2 atom stereocenters. The molecule has 1 heterocycles. The van der Waals surface area contributed by atoms with Crippen molar-refractivity contribution >= 4 is 11.9 Å². The first-order valence-corrected chi connectivity index (χ1v) is 6.10. The molecule has 16 heavy (non-hydrogen) atoms. The highest BCUT2D eigenvalue weighted by atomic mass is 16.4. The predicted molar refractivity (Wildman–Crippen MR) is 58.9 cm³/mol. The molecule has 4 heteroatoms. The number of carbonyl (C=O) groups excluding carboxylic acids is 1. The summed E-state index contributed by atoms with van der Waals surface area (Å²) in [6, 6.07) is 0.0844. The molecule has 1 saturated carbocycles. The Morgan fingerprint density at radius 3 is 2.50 bits per heavy atom. The van der Waals surface area contributed by atoms with Crippen molar-refractivity contribution in [3.8, 4) is 0 Å². The number of amides is 1. The standard InChI is InChI=1S/C12H19NO3/c1-8-6-10(12(15)16)4-5-13(8)11(14)7-9-2-3-9/h8-10H,2-7H2,1H3,(H,15,16). The topological polar surface area (TPSA) is 57.6 Å². The van der Waals surface area contributed by atoms with Crippen LogP contribution in [0.15, 0.2) is 0 Å². The highest BCUT2D eigenvalue weighted by Crippen LogP contribution is 2.34. The second-order valence-corrected chi connectivity index (χ2v) is 5.14. The molecule has 1 saturated heterocycles. The van der Waals surface area contributed by atoms with Crippen LogP contribution in [0.2, 0.25) is 0 Å². The van der Waals surface area contributed by atoms with Gasteiger partial charge in [0.15, 0.2) is 0 Å². The van der Waals surface area contributed by atoms with Gasteiger partial charge in [0, 0.05) is 19.0 Å². The average molecular weight is 225 g/mol. The van der Waals surface area contributed by atoms with Crippen LogP contribution in [0, 0.1) is 11.8 Å². The minimum Gasteiger partial charge on any atom is -0.481 e. The van der Waals surface area contributed by atoms with Gasteiger partial charge in [-0.2, -0.15) is 0 Å². The van der Waals surface area contributed by atoms with Crippen molar-refractivity contribution in [2.45, 2.75) is 45.1 Å². The van der Waals surface area contributed by atoms with Crippen LogP contribution >= 0.6 is 0 Å². The number of aliphatic carboxylic acids is 1. The second kappa shape index (κ2) is 4.44. The summed E-state index contributed by atoms with van der Waals surface area (Å²) in [5.41, 5.74) is 0. The lowest BCUT2D eigenvalue weighted by Crippen LogP contribution is -2.46. The molecule has 2 unspecified atom stereocenters. The summed E-state index contributed by atoms with van der Waals surface area (Å²) in [6.07, 6.45) is 4.25. The van der Waals surface area contributed by atoms with Crippen LogP contribution in [0.3, 0.4) is 0 Å². The third-order valence-corrected chi connectivity index (χ3v) is 3.71. The van der Waals surface area contributed by atoms with Crippen molar-refractivity contribution in [1.29, 1.82) is 0 Å². The number of rotatable bonds is 3. The van der Waals surface area contributed by atoms with Gasteiger partial charge in [0.2, 0.25) is 5.91 Å². The quantitative estimate of drug-likeness (QED) is 0.791. The number of nitrogens with zero attached hydrogens (tertiary/aromatic N) is 1. The first-order valence-electron chi connectivity index (χ1n) is 6.10. The Kier molecular flexibility index (Phi) is 3.17. The molecule has 0 radical (unpaired) electrons. The van der Waals surface area contributed by atoms with E-state index in [0.717, 1.165) is 0 Å².